The number of benzene rings is 3. The number of aliphatic hydroxyl groups is 1. The number of hydrogen-bond acceptors (Lipinski definition) is 7. The van der Waals surface area contributed by atoms with E-state index < -0.39 is 70.4 Å². The molecule has 2 heterocycles. The largest absolute Gasteiger partial charge is 0.491 e. The van der Waals surface area contributed by atoms with E-state index in [1.165, 1.54) is 36.4 Å². The van der Waals surface area contributed by atoms with E-state index in [1.54, 1.807) is 31.2 Å². The maximum Gasteiger partial charge on any atom is 0.335 e. The van der Waals surface area contributed by atoms with Crippen LogP contribution in [0.25, 0.3) is 0 Å². The zero-order chi connectivity index (χ0) is 34.1. The summed E-state index contributed by atoms with van der Waals surface area (Å²) in [6, 6.07) is 16.3. The van der Waals surface area contributed by atoms with Crippen molar-refractivity contribution in [3.8, 4) is 5.75 Å². The van der Waals surface area contributed by atoms with Crippen LogP contribution in [0.1, 0.15) is 41.6 Å². The Balaban J connectivity index is 1.33. The van der Waals surface area contributed by atoms with Crippen molar-refractivity contribution >= 4 is 52.6 Å². The van der Waals surface area contributed by atoms with Gasteiger partial charge in [0.2, 0.25) is 23.6 Å². The van der Waals surface area contributed by atoms with Crippen LogP contribution < -0.4 is 14.5 Å². The fourth-order valence-corrected chi connectivity index (χ4v) is 8.39. The van der Waals surface area contributed by atoms with E-state index in [4.69, 9.17) is 16.3 Å². The molecule has 7 rings (SSSR count). The molecule has 1 saturated carbocycles. The second-order valence-electron chi connectivity index (χ2n) is 12.8. The number of amides is 4. The number of halogens is 2. The SMILES string of the molecule is C[C@@]12C(=O)N(c3ccc(F)c(Cl)c3)C(=O)[C@@H]1C[C@@H]1C(=CC[C@@H]3C(=O)N(c4cccc(C(=O)O)c4)C(=O)[C@@H]31)[C@@H]2c1ccc(OCCO)cc1. The number of allylic oxidation sites excluding steroid dienone is 2. The first kappa shape index (κ1) is 31.7. The van der Waals surface area contributed by atoms with Crippen LogP contribution in [0.4, 0.5) is 15.8 Å². The van der Waals surface area contributed by atoms with Crippen LogP contribution in [0, 0.1) is 34.9 Å². The Morgan fingerprint density at radius 2 is 1.69 bits per heavy atom. The number of aliphatic hydroxyl groups excluding tert-OH is 1. The molecular weight excluding hydrogens is 643 g/mol. The second-order valence-corrected chi connectivity index (χ2v) is 13.2. The highest BCUT2D eigenvalue weighted by molar-refractivity contribution is 6.32. The number of imide groups is 2. The van der Waals surface area contributed by atoms with Crippen molar-refractivity contribution in [3.05, 3.63) is 100 Å². The third-order valence-corrected chi connectivity index (χ3v) is 10.7. The number of fused-ring (bicyclic) bond motifs is 4. The minimum absolute atomic E-state index is 0.0715. The monoisotopic (exact) mass is 672 g/mol. The van der Waals surface area contributed by atoms with Crippen molar-refractivity contribution in [2.45, 2.75) is 25.7 Å². The molecule has 2 saturated heterocycles. The fourth-order valence-electron chi connectivity index (χ4n) is 8.22. The number of hydrogen-bond donors (Lipinski definition) is 2. The summed E-state index contributed by atoms with van der Waals surface area (Å²) >= 11 is 6.06. The predicted octanol–water partition coefficient (Wildman–Crippen LogP) is 4.98. The Bertz CT molecular complexity index is 1930. The number of carbonyl (C=O) groups excluding carboxylic acids is 4. The molecule has 4 aliphatic rings. The van der Waals surface area contributed by atoms with Gasteiger partial charge in [0.05, 0.1) is 51.7 Å². The lowest BCUT2D eigenvalue weighted by molar-refractivity contribution is -0.131. The Morgan fingerprint density at radius 1 is 0.958 bits per heavy atom. The summed E-state index contributed by atoms with van der Waals surface area (Å²) in [5.41, 5.74) is 0.352. The normalized spacial score (nSPS) is 27.8. The van der Waals surface area contributed by atoms with Crippen LogP contribution in [0.5, 0.6) is 5.75 Å². The van der Waals surface area contributed by atoms with Crippen LogP contribution >= 0.6 is 11.6 Å². The fraction of sp³-hybridized carbons (Fsp3) is 0.306. The topological polar surface area (TPSA) is 142 Å². The summed E-state index contributed by atoms with van der Waals surface area (Å²) in [6.45, 7) is 1.65. The first-order valence-electron chi connectivity index (χ1n) is 15.6. The average Bonchev–Trinajstić information content (AvgIpc) is 3.44. The van der Waals surface area contributed by atoms with Crippen LogP contribution in [-0.2, 0) is 19.2 Å². The molecular formula is C36H30ClFN2O8. The first-order chi connectivity index (χ1) is 23.0. The highest BCUT2D eigenvalue weighted by Crippen LogP contribution is 2.63. The highest BCUT2D eigenvalue weighted by Gasteiger charge is 2.67. The van der Waals surface area contributed by atoms with E-state index in [0.717, 1.165) is 21.4 Å². The van der Waals surface area contributed by atoms with Crippen LogP contribution in [0.2, 0.25) is 5.02 Å². The Morgan fingerprint density at radius 3 is 2.38 bits per heavy atom. The summed E-state index contributed by atoms with van der Waals surface area (Å²) in [5.74, 6) is -7.11. The summed E-state index contributed by atoms with van der Waals surface area (Å²) in [4.78, 5) is 70.6. The van der Waals surface area contributed by atoms with Gasteiger partial charge in [0.15, 0.2) is 0 Å². The number of carboxylic acid groups (broad SMARTS) is 1. The molecule has 4 amide bonds. The van der Waals surface area contributed by atoms with Crippen molar-refractivity contribution in [1.82, 2.24) is 0 Å². The molecule has 246 valence electrons. The molecule has 0 unspecified atom stereocenters. The van der Waals surface area contributed by atoms with Gasteiger partial charge in [-0.3, -0.25) is 24.1 Å². The third kappa shape index (κ3) is 4.67. The van der Waals surface area contributed by atoms with E-state index in [0.29, 0.717) is 11.3 Å². The lowest BCUT2D eigenvalue weighted by Gasteiger charge is -2.49. The molecule has 12 heteroatoms. The highest BCUT2D eigenvalue weighted by atomic mass is 35.5. The number of rotatable bonds is 7. The van der Waals surface area contributed by atoms with Crippen molar-refractivity contribution in [2.24, 2.45) is 29.1 Å². The first-order valence-corrected chi connectivity index (χ1v) is 15.9. The number of aromatic carboxylic acids is 1. The van der Waals surface area contributed by atoms with Gasteiger partial charge in [0.1, 0.15) is 18.2 Å². The van der Waals surface area contributed by atoms with Crippen LogP contribution in [-0.4, -0.2) is 53.0 Å². The maximum absolute atomic E-state index is 14.5. The average molecular weight is 673 g/mol. The van der Waals surface area contributed by atoms with E-state index in [9.17, 15) is 38.6 Å². The summed E-state index contributed by atoms with van der Waals surface area (Å²) < 4.78 is 19.7. The van der Waals surface area contributed by atoms with Crippen LogP contribution in [0.3, 0.4) is 0 Å². The molecule has 6 atom stereocenters. The molecule has 2 aliphatic heterocycles. The number of anilines is 2. The molecule has 0 spiro atoms. The molecule has 3 fully saturated rings. The van der Waals surface area contributed by atoms with E-state index in [-0.39, 0.29) is 48.0 Å². The number of carboxylic acids is 1. The Hall–Kier alpha value is -4.87. The van der Waals surface area contributed by atoms with Gasteiger partial charge in [-0.05, 0) is 79.8 Å². The summed E-state index contributed by atoms with van der Waals surface area (Å²) in [5, 5.41) is 18.5. The lowest BCUT2D eigenvalue weighted by Crippen LogP contribution is -2.48. The van der Waals surface area contributed by atoms with Crippen LogP contribution in [0.15, 0.2) is 78.4 Å². The van der Waals surface area contributed by atoms with Gasteiger partial charge in [-0.2, -0.15) is 0 Å². The molecule has 0 radical (unpaired) electrons. The lowest BCUT2D eigenvalue weighted by atomic mass is 9.51. The molecule has 2 aliphatic carbocycles. The van der Waals surface area contributed by atoms with E-state index >= 15 is 0 Å². The second kappa shape index (κ2) is 11.7. The quantitative estimate of drug-likeness (QED) is 0.264. The van der Waals surface area contributed by atoms with E-state index in [1.807, 2.05) is 6.08 Å². The molecule has 10 nitrogen and oxygen atoms in total. The van der Waals surface area contributed by atoms with Crippen molar-refractivity contribution in [1.29, 1.82) is 0 Å². The van der Waals surface area contributed by atoms with E-state index in [2.05, 4.69) is 0 Å². The number of carbonyl (C=O) groups is 5. The Kier molecular flexibility index (Phi) is 7.71. The Labute approximate surface area is 279 Å². The van der Waals surface area contributed by atoms with Gasteiger partial charge in [0.25, 0.3) is 0 Å². The number of nitrogens with zero attached hydrogens (tertiary/aromatic N) is 2. The van der Waals surface area contributed by atoms with Gasteiger partial charge < -0.3 is 14.9 Å². The maximum atomic E-state index is 14.5. The summed E-state index contributed by atoms with van der Waals surface area (Å²) in [6.07, 6.45) is 2.23. The van der Waals surface area contributed by atoms with Crippen molar-refractivity contribution in [2.75, 3.05) is 23.0 Å². The van der Waals surface area contributed by atoms with Gasteiger partial charge in [-0.25, -0.2) is 14.1 Å². The minimum atomic E-state index is -1.32. The predicted molar refractivity (Wildman–Crippen MR) is 171 cm³/mol. The molecule has 48 heavy (non-hydrogen) atoms. The number of ether oxygens (including phenoxy) is 1. The molecule has 3 aromatic rings. The van der Waals surface area contributed by atoms with Gasteiger partial charge in [-0.15, -0.1) is 0 Å². The molecule has 0 aromatic heterocycles. The van der Waals surface area contributed by atoms with Gasteiger partial charge >= 0.3 is 5.97 Å². The summed E-state index contributed by atoms with van der Waals surface area (Å²) in [7, 11) is 0. The smallest absolute Gasteiger partial charge is 0.335 e. The molecule has 0 bridgehead atoms. The van der Waals surface area contributed by atoms with Gasteiger partial charge in [-0.1, -0.05) is 41.4 Å². The van der Waals surface area contributed by atoms with Crippen molar-refractivity contribution < 1.29 is 43.3 Å². The third-order valence-electron chi connectivity index (χ3n) is 10.4. The standard InChI is InChI=1S/C36H30ClFN2O8/c1-36-26(32(43)40(35(36)47)21-7-12-28(38)27(37)16-21)17-25-23(30(36)18-5-8-22(9-6-18)48-14-13-41)10-11-24-29(25)33(44)39(31(24)42)20-4-2-3-19(15-20)34(45)46/h2-10,12,15-16,24-26,29-30,41H,11,13-14,17H2,1H3,(H,45,46)/t24-,25+,26-,29-,30-,36+/m0/s1. The molecule has 3 aromatic carbocycles. The van der Waals surface area contributed by atoms with Crippen molar-refractivity contribution in [3.63, 3.8) is 0 Å². The molecule has 2 N–H and O–H groups in total. The zero-order valence-corrected chi connectivity index (χ0v) is 26.4. The minimum Gasteiger partial charge on any atom is -0.491 e. The van der Waals surface area contributed by atoms with Gasteiger partial charge in [0, 0.05) is 5.92 Å². The zero-order valence-electron chi connectivity index (χ0n) is 25.6.